The standard InChI is InChI=1S/C25H23FN2O3/c1-31-19-11-12-20-21(15-27-14-17-7-3-2-4-8-17)24(25(29)30)28(23(20)13-19)16-18-9-5-6-10-22(18)26/h2-13,27H,14-16H2,1H3,(H,29,30). The van der Waals surface area contributed by atoms with Crippen LogP contribution in [0.4, 0.5) is 4.39 Å². The van der Waals surface area contributed by atoms with Gasteiger partial charge in [0.25, 0.3) is 0 Å². The van der Waals surface area contributed by atoms with Crippen LogP contribution in [-0.4, -0.2) is 22.8 Å². The largest absolute Gasteiger partial charge is 0.497 e. The van der Waals surface area contributed by atoms with Crippen LogP contribution in [0.2, 0.25) is 0 Å². The maximum absolute atomic E-state index is 14.4. The van der Waals surface area contributed by atoms with Gasteiger partial charge >= 0.3 is 5.97 Å². The predicted molar refractivity (Wildman–Crippen MR) is 118 cm³/mol. The average Bonchev–Trinajstić information content (AvgIpc) is 3.09. The first-order valence-corrected chi connectivity index (χ1v) is 9.99. The first-order valence-electron chi connectivity index (χ1n) is 9.99. The summed E-state index contributed by atoms with van der Waals surface area (Å²) in [6.07, 6.45) is 0. The number of hydrogen-bond acceptors (Lipinski definition) is 3. The van der Waals surface area contributed by atoms with E-state index in [0.717, 1.165) is 10.9 Å². The number of methoxy groups -OCH3 is 1. The zero-order chi connectivity index (χ0) is 21.8. The average molecular weight is 418 g/mol. The number of benzene rings is 3. The van der Waals surface area contributed by atoms with Crippen molar-refractivity contribution in [2.24, 2.45) is 0 Å². The lowest BCUT2D eigenvalue weighted by Crippen LogP contribution is -2.17. The Kier molecular flexibility index (Phi) is 6.00. The summed E-state index contributed by atoms with van der Waals surface area (Å²) in [5.74, 6) is -0.809. The van der Waals surface area contributed by atoms with E-state index in [-0.39, 0.29) is 18.1 Å². The van der Waals surface area contributed by atoms with Crippen molar-refractivity contribution in [3.05, 3.63) is 101 Å². The molecular weight excluding hydrogens is 395 g/mol. The molecule has 3 aromatic carbocycles. The number of aromatic nitrogens is 1. The monoisotopic (exact) mass is 418 g/mol. The third-order valence-electron chi connectivity index (χ3n) is 5.34. The number of carbonyl (C=O) groups is 1. The molecule has 0 atom stereocenters. The summed E-state index contributed by atoms with van der Waals surface area (Å²) < 4.78 is 21.4. The molecule has 1 aromatic heterocycles. The van der Waals surface area contributed by atoms with Gasteiger partial charge in [-0.2, -0.15) is 0 Å². The van der Waals surface area contributed by atoms with Crippen molar-refractivity contribution < 1.29 is 19.0 Å². The van der Waals surface area contributed by atoms with Gasteiger partial charge in [0.1, 0.15) is 17.3 Å². The molecule has 2 N–H and O–H groups in total. The molecule has 0 aliphatic rings. The van der Waals surface area contributed by atoms with Crippen LogP contribution in [0.3, 0.4) is 0 Å². The van der Waals surface area contributed by atoms with E-state index in [0.29, 0.717) is 35.5 Å². The molecule has 0 aliphatic carbocycles. The van der Waals surface area contributed by atoms with Gasteiger partial charge in [-0.1, -0.05) is 48.5 Å². The van der Waals surface area contributed by atoms with Gasteiger partial charge in [-0.05, 0) is 23.8 Å². The van der Waals surface area contributed by atoms with Gasteiger partial charge in [-0.3, -0.25) is 0 Å². The van der Waals surface area contributed by atoms with Crippen LogP contribution in [0.25, 0.3) is 10.9 Å². The molecular formula is C25H23FN2O3. The Hall–Kier alpha value is -3.64. The van der Waals surface area contributed by atoms with Gasteiger partial charge in [-0.25, -0.2) is 9.18 Å². The maximum Gasteiger partial charge on any atom is 0.352 e. The van der Waals surface area contributed by atoms with Crippen LogP contribution >= 0.6 is 0 Å². The lowest BCUT2D eigenvalue weighted by atomic mass is 10.1. The quantitative estimate of drug-likeness (QED) is 0.430. The number of carboxylic acids is 1. The van der Waals surface area contributed by atoms with E-state index in [1.807, 2.05) is 42.5 Å². The van der Waals surface area contributed by atoms with Crippen LogP contribution in [-0.2, 0) is 19.6 Å². The smallest absolute Gasteiger partial charge is 0.352 e. The number of hydrogen-bond donors (Lipinski definition) is 2. The van der Waals surface area contributed by atoms with E-state index in [4.69, 9.17) is 4.74 Å². The fraction of sp³-hybridized carbons (Fsp3) is 0.160. The van der Waals surface area contributed by atoms with E-state index in [2.05, 4.69) is 5.32 Å². The van der Waals surface area contributed by atoms with Gasteiger partial charge in [0.2, 0.25) is 0 Å². The number of fused-ring (bicyclic) bond motifs is 1. The first kappa shape index (κ1) is 20.6. The van der Waals surface area contributed by atoms with Crippen LogP contribution in [0.15, 0.2) is 72.8 Å². The Morgan fingerprint density at radius 3 is 2.48 bits per heavy atom. The molecule has 0 bridgehead atoms. The summed E-state index contributed by atoms with van der Waals surface area (Å²) in [6, 6.07) is 21.8. The minimum Gasteiger partial charge on any atom is -0.497 e. The van der Waals surface area contributed by atoms with Crippen molar-refractivity contribution in [2.45, 2.75) is 19.6 Å². The number of nitrogens with one attached hydrogen (secondary N) is 1. The fourth-order valence-corrected chi connectivity index (χ4v) is 3.84. The molecule has 0 unspecified atom stereocenters. The highest BCUT2D eigenvalue weighted by Crippen LogP contribution is 2.31. The van der Waals surface area contributed by atoms with Crippen molar-refractivity contribution in [3.8, 4) is 5.75 Å². The number of aromatic carboxylic acids is 1. The Labute approximate surface area is 179 Å². The highest BCUT2D eigenvalue weighted by atomic mass is 19.1. The normalized spacial score (nSPS) is 11.0. The second-order valence-corrected chi connectivity index (χ2v) is 7.28. The zero-order valence-electron chi connectivity index (χ0n) is 17.1. The number of rotatable bonds is 8. The number of carboxylic acid groups (broad SMARTS) is 1. The molecule has 0 saturated heterocycles. The molecule has 5 nitrogen and oxygen atoms in total. The van der Waals surface area contributed by atoms with Crippen molar-refractivity contribution in [1.82, 2.24) is 9.88 Å². The van der Waals surface area contributed by atoms with Crippen molar-refractivity contribution >= 4 is 16.9 Å². The molecule has 0 spiro atoms. The molecule has 158 valence electrons. The third-order valence-corrected chi connectivity index (χ3v) is 5.34. The Morgan fingerprint density at radius 1 is 1.03 bits per heavy atom. The minimum atomic E-state index is -1.05. The molecule has 0 radical (unpaired) electrons. The minimum absolute atomic E-state index is 0.108. The van der Waals surface area contributed by atoms with Gasteiger partial charge < -0.3 is 19.7 Å². The first-order chi connectivity index (χ1) is 15.1. The van der Waals surface area contributed by atoms with Gasteiger partial charge in [0.05, 0.1) is 19.2 Å². The Balaban J connectivity index is 1.78. The fourth-order valence-electron chi connectivity index (χ4n) is 3.84. The molecule has 0 amide bonds. The van der Waals surface area contributed by atoms with Crippen LogP contribution in [0.5, 0.6) is 5.75 Å². The molecule has 6 heteroatoms. The van der Waals surface area contributed by atoms with Crippen LogP contribution in [0, 0.1) is 5.82 Å². The SMILES string of the molecule is COc1ccc2c(CNCc3ccccc3)c(C(=O)O)n(Cc3ccccc3F)c2c1. The van der Waals surface area contributed by atoms with Gasteiger partial charge in [0, 0.05) is 35.7 Å². The van der Waals surface area contributed by atoms with Crippen molar-refractivity contribution in [3.63, 3.8) is 0 Å². The molecule has 0 aliphatic heterocycles. The predicted octanol–water partition coefficient (Wildman–Crippen LogP) is 4.83. The maximum atomic E-state index is 14.4. The second-order valence-electron chi connectivity index (χ2n) is 7.28. The second kappa shape index (κ2) is 9.02. The van der Waals surface area contributed by atoms with Gasteiger partial charge in [0.15, 0.2) is 0 Å². The Morgan fingerprint density at radius 2 is 1.77 bits per heavy atom. The zero-order valence-corrected chi connectivity index (χ0v) is 17.1. The van der Waals surface area contributed by atoms with E-state index in [9.17, 15) is 14.3 Å². The summed E-state index contributed by atoms with van der Waals surface area (Å²) in [7, 11) is 1.56. The molecule has 4 rings (SSSR count). The van der Waals surface area contributed by atoms with Crippen molar-refractivity contribution in [2.75, 3.05) is 7.11 Å². The van der Waals surface area contributed by atoms with E-state index in [1.54, 1.807) is 35.9 Å². The highest BCUT2D eigenvalue weighted by Gasteiger charge is 2.23. The molecule has 1 heterocycles. The third kappa shape index (κ3) is 4.29. The van der Waals surface area contributed by atoms with Gasteiger partial charge in [-0.15, -0.1) is 0 Å². The van der Waals surface area contributed by atoms with Crippen LogP contribution in [0.1, 0.15) is 27.2 Å². The lowest BCUT2D eigenvalue weighted by molar-refractivity contribution is 0.0684. The van der Waals surface area contributed by atoms with E-state index >= 15 is 0 Å². The number of ether oxygens (including phenoxy) is 1. The number of nitrogens with zero attached hydrogens (tertiary/aromatic N) is 1. The molecule has 31 heavy (non-hydrogen) atoms. The molecule has 0 fully saturated rings. The van der Waals surface area contributed by atoms with Crippen LogP contribution < -0.4 is 10.1 Å². The summed E-state index contributed by atoms with van der Waals surface area (Å²) >= 11 is 0. The topological polar surface area (TPSA) is 63.5 Å². The van der Waals surface area contributed by atoms with Crippen molar-refractivity contribution in [1.29, 1.82) is 0 Å². The van der Waals surface area contributed by atoms with E-state index in [1.165, 1.54) is 6.07 Å². The number of halogens is 1. The molecule has 4 aromatic rings. The highest BCUT2D eigenvalue weighted by molar-refractivity contribution is 5.98. The molecule has 0 saturated carbocycles. The summed E-state index contributed by atoms with van der Waals surface area (Å²) in [4.78, 5) is 12.3. The Bertz CT molecular complexity index is 1220. The summed E-state index contributed by atoms with van der Waals surface area (Å²) in [5, 5.41) is 14.2. The summed E-state index contributed by atoms with van der Waals surface area (Å²) in [6.45, 7) is 1.08. The lowest BCUT2D eigenvalue weighted by Gasteiger charge is -2.11. The summed E-state index contributed by atoms with van der Waals surface area (Å²) in [5.41, 5.74) is 3.03. The van der Waals surface area contributed by atoms with E-state index < -0.39 is 5.97 Å².